The Bertz CT molecular complexity index is 1940. The van der Waals surface area contributed by atoms with Gasteiger partial charge in [-0.1, -0.05) is 91.0 Å². The van der Waals surface area contributed by atoms with E-state index in [9.17, 15) is 27.2 Å². The van der Waals surface area contributed by atoms with Crippen molar-refractivity contribution < 1.29 is 37.1 Å². The Kier molecular flexibility index (Phi) is 12.4. The fourth-order valence-corrected chi connectivity index (χ4v) is 4.97. The Morgan fingerprint density at radius 2 is 1.47 bits per heavy atom. The summed E-state index contributed by atoms with van der Waals surface area (Å²) in [6, 6.07) is 35.6. The molecule has 11 heteroatoms. The van der Waals surface area contributed by atoms with Crippen molar-refractivity contribution in [2.45, 2.75) is 19.3 Å². The van der Waals surface area contributed by atoms with Crippen LogP contribution < -0.4 is 11.1 Å². The van der Waals surface area contributed by atoms with Gasteiger partial charge in [0, 0.05) is 37.8 Å². The molecule has 0 aliphatic heterocycles. The third-order valence-corrected chi connectivity index (χ3v) is 7.30. The van der Waals surface area contributed by atoms with Gasteiger partial charge in [-0.05, 0) is 68.9 Å². The molecule has 2 amide bonds. The second-order valence-electron chi connectivity index (χ2n) is 10.8. The van der Waals surface area contributed by atoms with Crippen molar-refractivity contribution in [1.29, 1.82) is 0 Å². The van der Waals surface area contributed by atoms with Crippen LogP contribution in [0.3, 0.4) is 0 Å². The number of alkyl halides is 3. The summed E-state index contributed by atoms with van der Waals surface area (Å²) in [4.78, 5) is 37.1. The van der Waals surface area contributed by atoms with Crippen LogP contribution >= 0.6 is 0 Å². The van der Waals surface area contributed by atoms with E-state index in [1.54, 1.807) is 29.2 Å². The zero-order valence-corrected chi connectivity index (χ0v) is 26.2. The highest BCUT2D eigenvalue weighted by atomic mass is 19.4. The predicted molar refractivity (Wildman–Crippen MR) is 181 cm³/mol. The summed E-state index contributed by atoms with van der Waals surface area (Å²) in [6.07, 6.45) is -1.86. The van der Waals surface area contributed by atoms with Crippen LogP contribution in [0, 0.1) is 5.82 Å². The highest BCUT2D eigenvalue weighted by molar-refractivity contribution is 6.01. The van der Waals surface area contributed by atoms with Crippen molar-refractivity contribution in [3.63, 3.8) is 0 Å². The molecule has 0 spiro atoms. The van der Waals surface area contributed by atoms with E-state index < -0.39 is 12.1 Å². The summed E-state index contributed by atoms with van der Waals surface area (Å²) < 4.78 is 45.1. The van der Waals surface area contributed by atoms with Gasteiger partial charge in [-0.15, -0.1) is 0 Å². The van der Waals surface area contributed by atoms with E-state index in [0.717, 1.165) is 38.6 Å². The van der Waals surface area contributed by atoms with Crippen LogP contribution in [0.2, 0.25) is 0 Å². The molecule has 5 rings (SSSR count). The highest BCUT2D eigenvalue weighted by Gasteiger charge is 2.38. The lowest BCUT2D eigenvalue weighted by Crippen LogP contribution is -2.29. The number of carbonyl (C=O) groups is 3. The monoisotopic (exact) mass is 671 g/mol. The lowest BCUT2D eigenvalue weighted by atomic mass is 9.97. The van der Waals surface area contributed by atoms with Crippen molar-refractivity contribution in [2.24, 2.45) is 5.73 Å². The number of halogens is 4. The molecule has 0 fully saturated rings. The van der Waals surface area contributed by atoms with Crippen LogP contribution in [-0.4, -0.2) is 47.1 Å². The maximum atomic E-state index is 13.6. The summed E-state index contributed by atoms with van der Waals surface area (Å²) in [5.74, 6) is -3.43. The van der Waals surface area contributed by atoms with Gasteiger partial charge < -0.3 is 21.1 Å². The molecule has 0 heterocycles. The molecule has 0 radical (unpaired) electrons. The summed E-state index contributed by atoms with van der Waals surface area (Å²) in [6.45, 7) is 1.50. The number of nitrogens with one attached hydrogen (secondary N) is 1. The smallest absolute Gasteiger partial charge is 0.475 e. The van der Waals surface area contributed by atoms with E-state index >= 15 is 0 Å². The van der Waals surface area contributed by atoms with E-state index in [4.69, 9.17) is 15.6 Å². The number of hydrogen-bond acceptors (Lipinski definition) is 4. The van der Waals surface area contributed by atoms with Crippen molar-refractivity contribution in [3.05, 3.63) is 149 Å². The fourth-order valence-electron chi connectivity index (χ4n) is 4.97. The molecule has 252 valence electrons. The number of hydrogen-bond donors (Lipinski definition) is 3. The largest absolute Gasteiger partial charge is 0.490 e. The minimum Gasteiger partial charge on any atom is -0.475 e. The van der Waals surface area contributed by atoms with Crippen molar-refractivity contribution in [1.82, 2.24) is 10.2 Å². The normalized spacial score (nSPS) is 11.1. The van der Waals surface area contributed by atoms with Gasteiger partial charge >= 0.3 is 12.1 Å². The molecule has 7 nitrogen and oxygen atoms in total. The van der Waals surface area contributed by atoms with Crippen molar-refractivity contribution in [2.75, 3.05) is 13.1 Å². The summed E-state index contributed by atoms with van der Waals surface area (Å²) in [5.41, 5.74) is 10.5. The Hall–Kier alpha value is -5.81. The van der Waals surface area contributed by atoms with E-state index in [1.807, 2.05) is 66.7 Å². The van der Waals surface area contributed by atoms with Gasteiger partial charge in [0.15, 0.2) is 0 Å². The minimum absolute atomic E-state index is 0.167. The molecule has 0 aliphatic carbocycles. The first-order chi connectivity index (χ1) is 23.5. The van der Waals surface area contributed by atoms with Gasteiger partial charge in [-0.2, -0.15) is 13.2 Å². The number of carbonyl (C=O) groups excluding carboxylic acids is 2. The third kappa shape index (κ3) is 10.3. The number of nitrogens with two attached hydrogens (primary N) is 1. The van der Waals surface area contributed by atoms with Gasteiger partial charge in [0.1, 0.15) is 5.82 Å². The SMILES string of the molecule is NCCNC(=O)c1ccccc1-c1cccc(CN(Cc2cccc3ccccc23)C(=O)C=Cc2ccc(F)cc2)c1.O=C(O)C(F)(F)F. The van der Waals surface area contributed by atoms with Crippen LogP contribution in [0.4, 0.5) is 17.6 Å². The quantitative estimate of drug-likeness (QED) is 0.107. The molecule has 0 saturated carbocycles. The Morgan fingerprint density at radius 1 is 0.816 bits per heavy atom. The van der Waals surface area contributed by atoms with Gasteiger partial charge in [-0.3, -0.25) is 9.59 Å². The summed E-state index contributed by atoms with van der Waals surface area (Å²) in [5, 5.41) is 12.2. The van der Waals surface area contributed by atoms with Gasteiger partial charge in [-0.25, -0.2) is 9.18 Å². The molecule has 0 aliphatic rings. The van der Waals surface area contributed by atoms with Crippen LogP contribution in [0.25, 0.3) is 28.0 Å². The Labute approximate surface area is 280 Å². The molecular weight excluding hydrogens is 638 g/mol. The van der Waals surface area contributed by atoms with Gasteiger partial charge in [0.25, 0.3) is 5.91 Å². The molecule has 0 bridgehead atoms. The number of carboxylic acids is 1. The molecule has 0 atom stereocenters. The average molecular weight is 672 g/mol. The van der Waals surface area contributed by atoms with Crippen LogP contribution in [0.1, 0.15) is 27.0 Å². The molecule has 0 saturated heterocycles. The molecule has 4 N–H and O–H groups in total. The number of rotatable bonds is 10. The molecule has 5 aromatic carbocycles. The maximum absolute atomic E-state index is 13.6. The molecule has 49 heavy (non-hydrogen) atoms. The number of amides is 2. The molecule has 0 unspecified atom stereocenters. The van der Waals surface area contributed by atoms with Crippen molar-refractivity contribution in [3.8, 4) is 11.1 Å². The highest BCUT2D eigenvalue weighted by Crippen LogP contribution is 2.26. The van der Waals surface area contributed by atoms with E-state index in [0.29, 0.717) is 31.7 Å². The number of fused-ring (bicyclic) bond motifs is 1. The Morgan fingerprint density at radius 3 is 2.18 bits per heavy atom. The lowest BCUT2D eigenvalue weighted by Gasteiger charge is -2.23. The first kappa shape index (κ1) is 36.0. The summed E-state index contributed by atoms with van der Waals surface area (Å²) >= 11 is 0. The predicted octanol–water partition coefficient (Wildman–Crippen LogP) is 7.21. The minimum atomic E-state index is -5.08. The van der Waals surface area contributed by atoms with Crippen LogP contribution in [-0.2, 0) is 22.7 Å². The second-order valence-corrected chi connectivity index (χ2v) is 10.8. The molecule has 5 aromatic rings. The average Bonchev–Trinajstić information content (AvgIpc) is 3.10. The van der Waals surface area contributed by atoms with Crippen LogP contribution in [0.15, 0.2) is 121 Å². The number of carboxylic acid groups (broad SMARTS) is 1. The van der Waals surface area contributed by atoms with Crippen LogP contribution in [0.5, 0.6) is 0 Å². The fraction of sp³-hybridized carbons (Fsp3) is 0.132. The van der Waals surface area contributed by atoms with Gasteiger partial charge in [0.05, 0.1) is 0 Å². The zero-order valence-electron chi connectivity index (χ0n) is 26.2. The van der Waals surface area contributed by atoms with E-state index in [1.165, 1.54) is 18.2 Å². The number of benzene rings is 5. The number of aliphatic carboxylic acids is 1. The zero-order chi connectivity index (χ0) is 35.4. The maximum Gasteiger partial charge on any atom is 0.490 e. The van der Waals surface area contributed by atoms with E-state index in [2.05, 4.69) is 23.5 Å². The molecular formula is C38H33F4N3O4. The second kappa shape index (κ2) is 16.8. The van der Waals surface area contributed by atoms with Crippen molar-refractivity contribution >= 4 is 34.6 Å². The first-order valence-corrected chi connectivity index (χ1v) is 15.1. The number of nitrogens with zero attached hydrogens (tertiary/aromatic N) is 1. The van der Waals surface area contributed by atoms with Gasteiger partial charge in [0.2, 0.25) is 5.91 Å². The standard InChI is InChI=1S/C36H32FN3O2.C2HF3O2/c37-31-18-15-26(16-19-31)17-20-35(41)40(25-30-11-6-9-28-8-1-2-12-32(28)30)24-27-7-5-10-29(23-27)33-13-3-4-14-34(33)36(42)39-22-21-38;3-2(4,5)1(6)7/h1-20,23H,21-22,24-25,38H2,(H,39,42);(H,6,7). The molecule has 0 aromatic heterocycles. The first-order valence-electron chi connectivity index (χ1n) is 15.1. The third-order valence-electron chi connectivity index (χ3n) is 7.30. The summed E-state index contributed by atoms with van der Waals surface area (Å²) in [7, 11) is 0. The van der Waals surface area contributed by atoms with E-state index in [-0.39, 0.29) is 17.6 Å². The lowest BCUT2D eigenvalue weighted by molar-refractivity contribution is -0.192. The topological polar surface area (TPSA) is 113 Å². The Balaban J connectivity index is 0.000000698.